The van der Waals surface area contributed by atoms with Gasteiger partial charge in [0.05, 0.1) is 0 Å². The normalized spacial score (nSPS) is 12.1. The van der Waals surface area contributed by atoms with Crippen molar-refractivity contribution in [2.75, 3.05) is 0 Å². The number of unbranched alkanes of at least 4 members (excludes halogenated alkanes) is 24. The van der Waals surface area contributed by atoms with E-state index in [1.807, 2.05) is 0 Å². The first-order valence-electron chi connectivity index (χ1n) is 27.1. The van der Waals surface area contributed by atoms with Crippen LogP contribution in [0.1, 0.15) is 256 Å². The molecule has 0 bridgehead atoms. The summed E-state index contributed by atoms with van der Waals surface area (Å²) in [6.45, 7) is 18.7. The topological polar surface area (TPSA) is 27.7 Å². The number of benzene rings is 2. The molecule has 0 aliphatic heterocycles. The first-order valence-corrected chi connectivity index (χ1v) is 39.8. The average Bonchev–Trinajstić information content (AvgIpc) is 3.26. The van der Waals surface area contributed by atoms with Crippen molar-refractivity contribution in [3.05, 3.63) is 58.7 Å². The molecule has 0 saturated heterocycles. The molecule has 0 atom stereocenters. The predicted molar refractivity (Wildman–Crippen MR) is 275 cm³/mol. The van der Waals surface area contributed by atoms with Crippen molar-refractivity contribution in [1.29, 1.82) is 0 Å². The molecule has 0 unspecified atom stereocenters. The second kappa shape index (κ2) is 36.8. The summed E-state index contributed by atoms with van der Waals surface area (Å²) in [6.07, 6.45) is 41.4. The molecule has 2 rings (SSSR count). The number of hydrogen-bond acceptors (Lipinski definition) is 3. The summed E-state index contributed by atoms with van der Waals surface area (Å²) in [6, 6.07) is 14.0. The molecular formula is C56H102O3Sn2. The molecule has 0 N–H and O–H groups in total. The predicted octanol–water partition coefficient (Wildman–Crippen LogP) is 19.6. The molecule has 61 heavy (non-hydrogen) atoms. The summed E-state index contributed by atoms with van der Waals surface area (Å²) < 4.78 is 29.0. The molecule has 0 saturated carbocycles. The van der Waals surface area contributed by atoms with E-state index in [0.717, 1.165) is 24.3 Å². The molecule has 0 aromatic heterocycles. The first-order chi connectivity index (χ1) is 29.8. The molecule has 352 valence electrons. The Morgan fingerprint density at radius 2 is 0.590 bits per heavy atom. The van der Waals surface area contributed by atoms with Crippen molar-refractivity contribution in [3.63, 3.8) is 0 Å². The Kier molecular flexibility index (Phi) is 34.2. The maximum absolute atomic E-state index is 8.51. The summed E-state index contributed by atoms with van der Waals surface area (Å²) in [5.41, 5.74) is 5.70. The number of hydrogen-bond donors (Lipinski definition) is 0. The van der Waals surface area contributed by atoms with Crippen LogP contribution in [-0.2, 0) is 14.3 Å². The number of rotatable bonds is 42. The van der Waals surface area contributed by atoms with E-state index < -0.39 is 38.4 Å². The van der Waals surface area contributed by atoms with Gasteiger partial charge in [-0.2, -0.15) is 0 Å². The second-order valence-corrected chi connectivity index (χ2v) is 41.0. The maximum atomic E-state index is 8.51. The average molecular weight is 1060 g/mol. The molecule has 2 aromatic carbocycles. The van der Waals surface area contributed by atoms with Crippen LogP contribution in [-0.4, -0.2) is 38.4 Å². The van der Waals surface area contributed by atoms with E-state index in [0.29, 0.717) is 0 Å². The van der Waals surface area contributed by atoms with E-state index in [1.54, 1.807) is 0 Å². The Bertz CT molecular complexity index is 1200. The third-order valence-corrected chi connectivity index (χ3v) is 46.0. The molecule has 0 aliphatic rings. The van der Waals surface area contributed by atoms with Gasteiger partial charge in [0, 0.05) is 0 Å². The Hall–Kier alpha value is -0.403. The minimum atomic E-state index is -3.90. The number of aryl methyl sites for hydroxylation is 2. The van der Waals surface area contributed by atoms with Gasteiger partial charge >= 0.3 is 395 Å². The van der Waals surface area contributed by atoms with E-state index in [9.17, 15) is 0 Å². The van der Waals surface area contributed by atoms with Gasteiger partial charge in [-0.3, -0.25) is 0 Å². The molecule has 2 aromatic rings. The molecule has 3 nitrogen and oxygen atoms in total. The minimum absolute atomic E-state index is 1.14. The van der Waals surface area contributed by atoms with Crippen molar-refractivity contribution in [2.24, 2.45) is 0 Å². The van der Waals surface area contributed by atoms with Gasteiger partial charge in [0.15, 0.2) is 0 Å². The summed E-state index contributed by atoms with van der Waals surface area (Å²) in [4.78, 5) is 0. The standard InChI is InChI=1S/2C12H18O.4C8H17.O.2Sn/c2*1-3-4-5-7-11-8-6-9-12(13)10(11)2;4*1-3-5-7-8-6-4-2;;;/h2*6,8-9,13H,3-5,7H2,1-2H3;4*1,3-8H2,2H3;;;/q;;;;;;;2*+1/p-2. The Balaban J connectivity index is 2.77. The Morgan fingerprint density at radius 1 is 0.328 bits per heavy atom. The molecule has 0 heterocycles. The van der Waals surface area contributed by atoms with Gasteiger partial charge in [-0.15, -0.1) is 0 Å². The van der Waals surface area contributed by atoms with Crippen LogP contribution in [0, 0.1) is 13.8 Å². The fraction of sp³-hybridized carbons (Fsp3) is 0.786. The van der Waals surface area contributed by atoms with Crippen LogP contribution < -0.4 is 6.15 Å². The molecule has 0 spiro atoms. The summed E-state index contributed by atoms with van der Waals surface area (Å²) >= 11 is -7.80. The molecule has 0 radical (unpaired) electrons. The van der Waals surface area contributed by atoms with E-state index in [4.69, 9.17) is 7.56 Å². The van der Waals surface area contributed by atoms with Crippen LogP contribution >= 0.6 is 0 Å². The van der Waals surface area contributed by atoms with E-state index in [2.05, 4.69) is 91.8 Å². The van der Waals surface area contributed by atoms with Crippen LogP contribution in [0.15, 0.2) is 36.4 Å². The van der Waals surface area contributed by atoms with Gasteiger partial charge in [-0.25, -0.2) is 0 Å². The molecular weight excluding hydrogens is 958 g/mol. The Labute approximate surface area is 391 Å². The van der Waals surface area contributed by atoms with Crippen LogP contribution in [0.3, 0.4) is 0 Å². The molecule has 5 heteroatoms. The van der Waals surface area contributed by atoms with E-state index >= 15 is 0 Å². The van der Waals surface area contributed by atoms with E-state index in [-0.39, 0.29) is 0 Å². The van der Waals surface area contributed by atoms with Gasteiger partial charge < -0.3 is 0 Å². The summed E-state index contributed by atoms with van der Waals surface area (Å²) in [5, 5.41) is 0. The van der Waals surface area contributed by atoms with Crippen LogP contribution in [0.25, 0.3) is 0 Å². The van der Waals surface area contributed by atoms with Gasteiger partial charge in [0.25, 0.3) is 0 Å². The van der Waals surface area contributed by atoms with Gasteiger partial charge in [-0.05, 0) is 0 Å². The van der Waals surface area contributed by atoms with Crippen molar-refractivity contribution >= 4 is 38.4 Å². The van der Waals surface area contributed by atoms with Crippen molar-refractivity contribution in [3.8, 4) is 11.5 Å². The zero-order valence-corrected chi connectivity index (χ0v) is 47.9. The SMILES string of the molecule is CCCCCCC[CH2][Sn]([CH2]CCCCCCC)([O]c1cccc(CCCCC)c1C)[O][Sn]([CH2]CCCCCCC)([CH2]CCCCCCC)[O]c1cccc(CCCCC)c1C. The molecule has 0 amide bonds. The van der Waals surface area contributed by atoms with Gasteiger partial charge in [0.2, 0.25) is 0 Å². The van der Waals surface area contributed by atoms with Crippen LogP contribution in [0.2, 0.25) is 17.7 Å². The van der Waals surface area contributed by atoms with Gasteiger partial charge in [0.1, 0.15) is 0 Å². The quantitative estimate of drug-likeness (QED) is 0.0490. The fourth-order valence-electron chi connectivity index (χ4n) is 9.35. The van der Waals surface area contributed by atoms with Crippen molar-refractivity contribution < 1.29 is 7.56 Å². The fourth-order valence-corrected chi connectivity index (χ4v) is 50.2. The summed E-state index contributed by atoms with van der Waals surface area (Å²) in [7, 11) is 0. The monoisotopic (exact) mass is 1060 g/mol. The third kappa shape index (κ3) is 24.6. The Morgan fingerprint density at radius 3 is 0.885 bits per heavy atom. The molecule has 0 aliphatic carbocycles. The van der Waals surface area contributed by atoms with Crippen LogP contribution in [0.5, 0.6) is 11.5 Å². The molecule has 0 fully saturated rings. The van der Waals surface area contributed by atoms with E-state index in [1.165, 1.54) is 233 Å². The van der Waals surface area contributed by atoms with Crippen LogP contribution in [0.4, 0.5) is 0 Å². The zero-order valence-electron chi connectivity index (χ0n) is 42.1. The third-order valence-electron chi connectivity index (χ3n) is 13.5. The van der Waals surface area contributed by atoms with Crippen molar-refractivity contribution in [2.45, 2.75) is 279 Å². The van der Waals surface area contributed by atoms with Gasteiger partial charge in [-0.1, -0.05) is 0 Å². The zero-order chi connectivity index (χ0) is 44.3. The van der Waals surface area contributed by atoms with Crippen molar-refractivity contribution in [1.82, 2.24) is 0 Å². The first kappa shape index (κ1) is 56.7. The second-order valence-electron chi connectivity index (χ2n) is 19.2. The summed E-state index contributed by atoms with van der Waals surface area (Å²) in [5.74, 6) is 2.30.